The molecule has 2 atom stereocenters. The monoisotopic (exact) mass is 463 g/mol. The van der Waals surface area contributed by atoms with Gasteiger partial charge in [-0.05, 0) is 56.2 Å². The molecule has 10 heteroatoms. The minimum Gasteiger partial charge on any atom is -0.497 e. The second kappa shape index (κ2) is 10.1. The Bertz CT molecular complexity index is 1080. The van der Waals surface area contributed by atoms with Gasteiger partial charge in [-0.2, -0.15) is 4.31 Å². The van der Waals surface area contributed by atoms with Gasteiger partial charge in [0, 0.05) is 24.8 Å². The molecule has 0 bridgehead atoms. The summed E-state index contributed by atoms with van der Waals surface area (Å²) in [4.78, 5) is 25.2. The second-order valence-corrected chi connectivity index (χ2v) is 9.55. The Kier molecular flexibility index (Phi) is 7.47. The molecule has 172 valence electrons. The lowest BCUT2D eigenvalue weighted by atomic mass is 9.98. The Morgan fingerprint density at radius 2 is 1.91 bits per heavy atom. The van der Waals surface area contributed by atoms with Gasteiger partial charge in [-0.3, -0.25) is 9.59 Å². The number of amides is 2. The summed E-state index contributed by atoms with van der Waals surface area (Å²) in [6, 6.07) is 10.6. The minimum atomic E-state index is -3.84. The number of methoxy groups -OCH3 is 1. The average Bonchev–Trinajstić information content (AvgIpc) is 2.79. The fourth-order valence-corrected chi connectivity index (χ4v) is 5.00. The van der Waals surface area contributed by atoms with E-state index >= 15 is 0 Å². The van der Waals surface area contributed by atoms with Crippen molar-refractivity contribution >= 4 is 27.5 Å². The number of benzene rings is 2. The Hall–Kier alpha value is -2.98. The molecule has 32 heavy (non-hydrogen) atoms. The quantitative estimate of drug-likeness (QED) is 0.656. The van der Waals surface area contributed by atoms with Crippen molar-refractivity contribution in [3.63, 3.8) is 0 Å². The number of nitrogens with zero attached hydrogens (tertiary/aromatic N) is 1. The molecule has 1 aliphatic heterocycles. The summed E-state index contributed by atoms with van der Waals surface area (Å²) < 4.78 is 45.2. The van der Waals surface area contributed by atoms with Crippen molar-refractivity contribution in [3.8, 4) is 5.75 Å². The van der Waals surface area contributed by atoms with Crippen LogP contribution in [-0.2, 0) is 19.6 Å². The number of carbonyl (C=O) groups is 2. The fraction of sp³-hybridized carbons (Fsp3) is 0.364. The highest BCUT2D eigenvalue weighted by Gasteiger charge is 2.34. The Labute approximate surface area is 186 Å². The van der Waals surface area contributed by atoms with Gasteiger partial charge in [-0.15, -0.1) is 0 Å². The van der Waals surface area contributed by atoms with Gasteiger partial charge in [0.25, 0.3) is 0 Å². The molecule has 2 amide bonds. The minimum absolute atomic E-state index is 0.00420. The summed E-state index contributed by atoms with van der Waals surface area (Å²) in [7, 11) is -2.32. The number of hydrogen-bond donors (Lipinski definition) is 2. The fourth-order valence-electron chi connectivity index (χ4n) is 3.48. The SMILES string of the molecule is COc1cccc(NC(=O)[C@@H](C)NC(=O)C2CCCN(S(=O)(=O)c3ccc(F)cc3)C2)c1. The average molecular weight is 464 g/mol. The van der Waals surface area contributed by atoms with E-state index in [0.29, 0.717) is 24.3 Å². The molecule has 1 aliphatic rings. The standard InChI is InChI=1S/C22H26FN3O5S/c1-15(21(27)25-18-6-3-7-19(13-18)31-2)24-22(28)16-5-4-12-26(14-16)32(29,30)20-10-8-17(23)9-11-20/h3,6-11,13,15-16H,4-5,12,14H2,1-2H3,(H,24,28)(H,25,27)/t15-,16?/m1/s1. The number of rotatable bonds is 7. The Morgan fingerprint density at radius 3 is 2.59 bits per heavy atom. The van der Waals surface area contributed by atoms with E-state index in [1.54, 1.807) is 31.2 Å². The second-order valence-electron chi connectivity index (χ2n) is 7.61. The molecule has 3 rings (SSSR count). The van der Waals surface area contributed by atoms with E-state index in [1.807, 2.05) is 0 Å². The summed E-state index contributed by atoms with van der Waals surface area (Å²) in [5.74, 6) is -1.33. The third-order valence-electron chi connectivity index (χ3n) is 5.30. The van der Waals surface area contributed by atoms with E-state index in [2.05, 4.69) is 10.6 Å². The van der Waals surface area contributed by atoms with Crippen molar-refractivity contribution in [3.05, 3.63) is 54.3 Å². The van der Waals surface area contributed by atoms with Crippen LogP contribution in [0.2, 0.25) is 0 Å². The molecule has 2 aromatic carbocycles. The molecule has 1 fully saturated rings. The number of nitrogens with one attached hydrogen (secondary N) is 2. The maximum atomic E-state index is 13.1. The van der Waals surface area contributed by atoms with Crippen molar-refractivity contribution < 1.29 is 27.1 Å². The van der Waals surface area contributed by atoms with Crippen molar-refractivity contribution in [1.29, 1.82) is 0 Å². The lowest BCUT2D eigenvalue weighted by Gasteiger charge is -2.31. The highest BCUT2D eigenvalue weighted by molar-refractivity contribution is 7.89. The zero-order valence-electron chi connectivity index (χ0n) is 17.9. The van der Waals surface area contributed by atoms with Crippen molar-refractivity contribution in [2.75, 3.05) is 25.5 Å². The summed E-state index contributed by atoms with van der Waals surface area (Å²) in [5, 5.41) is 5.38. The van der Waals surface area contributed by atoms with Gasteiger partial charge in [-0.25, -0.2) is 12.8 Å². The maximum Gasteiger partial charge on any atom is 0.246 e. The lowest BCUT2D eigenvalue weighted by Crippen LogP contribution is -2.49. The van der Waals surface area contributed by atoms with Gasteiger partial charge in [0.05, 0.1) is 17.9 Å². The predicted molar refractivity (Wildman–Crippen MR) is 117 cm³/mol. The van der Waals surface area contributed by atoms with Gasteiger partial charge >= 0.3 is 0 Å². The summed E-state index contributed by atoms with van der Waals surface area (Å²) >= 11 is 0. The largest absolute Gasteiger partial charge is 0.497 e. The lowest BCUT2D eigenvalue weighted by molar-refractivity contribution is -0.129. The van der Waals surface area contributed by atoms with E-state index in [9.17, 15) is 22.4 Å². The first kappa shape index (κ1) is 23.7. The molecule has 0 aromatic heterocycles. The van der Waals surface area contributed by atoms with Crippen LogP contribution in [-0.4, -0.2) is 50.8 Å². The van der Waals surface area contributed by atoms with Gasteiger partial charge in [0.1, 0.15) is 17.6 Å². The first-order valence-electron chi connectivity index (χ1n) is 10.2. The van der Waals surface area contributed by atoms with Crippen LogP contribution in [0, 0.1) is 11.7 Å². The number of hydrogen-bond acceptors (Lipinski definition) is 5. The van der Waals surface area contributed by atoms with Crippen LogP contribution in [0.5, 0.6) is 5.75 Å². The molecule has 0 saturated carbocycles. The van der Waals surface area contributed by atoms with Gasteiger partial charge in [-0.1, -0.05) is 6.07 Å². The Morgan fingerprint density at radius 1 is 1.19 bits per heavy atom. The van der Waals surface area contributed by atoms with E-state index in [1.165, 1.54) is 23.5 Å². The zero-order chi connectivity index (χ0) is 23.3. The van der Waals surface area contributed by atoms with Gasteiger partial charge < -0.3 is 15.4 Å². The Balaban J connectivity index is 1.60. The summed E-state index contributed by atoms with van der Waals surface area (Å²) in [5.41, 5.74) is 0.532. The molecule has 8 nitrogen and oxygen atoms in total. The van der Waals surface area contributed by atoms with E-state index < -0.39 is 39.6 Å². The van der Waals surface area contributed by atoms with Gasteiger partial charge in [0.2, 0.25) is 21.8 Å². The smallest absolute Gasteiger partial charge is 0.246 e. The van der Waals surface area contributed by atoms with Crippen molar-refractivity contribution in [2.24, 2.45) is 5.92 Å². The summed E-state index contributed by atoms with van der Waals surface area (Å²) in [6.45, 7) is 1.83. The number of halogens is 1. The van der Waals surface area contributed by atoms with Crippen molar-refractivity contribution in [1.82, 2.24) is 9.62 Å². The number of carbonyl (C=O) groups excluding carboxylic acids is 2. The predicted octanol–water partition coefficient (Wildman–Crippen LogP) is 2.38. The summed E-state index contributed by atoms with van der Waals surface area (Å²) in [6.07, 6.45) is 1.01. The number of piperidine rings is 1. The van der Waals surface area contributed by atoms with Crippen LogP contribution < -0.4 is 15.4 Å². The van der Waals surface area contributed by atoms with E-state index in [4.69, 9.17) is 4.74 Å². The molecule has 1 heterocycles. The highest BCUT2D eigenvalue weighted by atomic mass is 32.2. The molecular formula is C22H26FN3O5S. The van der Waals surface area contributed by atoms with Crippen LogP contribution in [0.1, 0.15) is 19.8 Å². The first-order chi connectivity index (χ1) is 15.2. The zero-order valence-corrected chi connectivity index (χ0v) is 18.7. The number of anilines is 1. The number of ether oxygens (including phenoxy) is 1. The van der Waals surface area contributed by atoms with Crippen LogP contribution in [0.4, 0.5) is 10.1 Å². The third-order valence-corrected chi connectivity index (χ3v) is 7.18. The molecule has 1 unspecified atom stereocenters. The third kappa shape index (κ3) is 5.63. The molecule has 2 N–H and O–H groups in total. The maximum absolute atomic E-state index is 13.1. The normalized spacial score (nSPS) is 17.9. The van der Waals surface area contributed by atoms with Crippen molar-refractivity contribution in [2.45, 2.75) is 30.7 Å². The molecular weight excluding hydrogens is 437 g/mol. The topological polar surface area (TPSA) is 105 Å². The molecule has 2 aromatic rings. The van der Waals surface area contributed by atoms with Crippen LogP contribution in [0.3, 0.4) is 0 Å². The van der Waals surface area contributed by atoms with E-state index in [-0.39, 0.29) is 18.0 Å². The van der Waals surface area contributed by atoms with Crippen LogP contribution in [0.15, 0.2) is 53.4 Å². The molecule has 0 radical (unpaired) electrons. The van der Waals surface area contributed by atoms with Crippen LogP contribution >= 0.6 is 0 Å². The molecule has 0 aliphatic carbocycles. The first-order valence-corrected chi connectivity index (χ1v) is 11.7. The van der Waals surface area contributed by atoms with Gasteiger partial charge in [0.15, 0.2) is 0 Å². The van der Waals surface area contributed by atoms with Crippen LogP contribution in [0.25, 0.3) is 0 Å². The van der Waals surface area contributed by atoms with E-state index in [0.717, 1.165) is 12.1 Å². The number of sulfonamides is 1. The highest BCUT2D eigenvalue weighted by Crippen LogP contribution is 2.24. The molecule has 0 spiro atoms. The molecule has 1 saturated heterocycles.